The minimum atomic E-state index is -4.33. The third kappa shape index (κ3) is 2.62. The van der Waals surface area contributed by atoms with Crippen molar-refractivity contribution < 1.29 is 17.9 Å². The summed E-state index contributed by atoms with van der Waals surface area (Å²) in [6.07, 6.45) is -1.75. The summed E-state index contributed by atoms with van der Waals surface area (Å²) in [5.74, 6) is 0.541. The first-order valence-electron chi connectivity index (χ1n) is 5.20. The van der Waals surface area contributed by atoms with Crippen LogP contribution in [0.5, 0.6) is 5.75 Å². The predicted molar refractivity (Wildman–Crippen MR) is 61.2 cm³/mol. The van der Waals surface area contributed by atoms with E-state index in [2.05, 4.69) is 0 Å². The fraction of sp³-hybridized carbons (Fsp3) is 0.385. The minimum Gasteiger partial charge on any atom is -0.497 e. The molecule has 0 N–H and O–H groups in total. The zero-order valence-corrected chi connectivity index (χ0v) is 10.0. The third-order valence-corrected chi connectivity index (χ3v) is 2.78. The topological polar surface area (TPSA) is 9.23 Å². The van der Waals surface area contributed by atoms with Crippen molar-refractivity contribution in [3.05, 3.63) is 42.0 Å². The molecular weight excluding hydrogens is 229 g/mol. The van der Waals surface area contributed by atoms with E-state index in [4.69, 9.17) is 4.74 Å². The molecule has 17 heavy (non-hydrogen) atoms. The Bertz CT molecular complexity index is 392. The molecule has 0 spiro atoms. The van der Waals surface area contributed by atoms with Crippen LogP contribution in [-0.2, 0) is 5.41 Å². The second-order valence-corrected chi connectivity index (χ2v) is 3.93. The molecule has 1 nitrogen and oxygen atoms in total. The Kier molecular flexibility index (Phi) is 3.86. The molecule has 0 aromatic heterocycles. The fourth-order valence-electron chi connectivity index (χ4n) is 1.62. The van der Waals surface area contributed by atoms with Crippen LogP contribution in [0.25, 0.3) is 0 Å². The highest BCUT2D eigenvalue weighted by atomic mass is 19.4. The van der Waals surface area contributed by atoms with Gasteiger partial charge in [0.25, 0.3) is 0 Å². The zero-order chi connectivity index (χ0) is 13.1. The Balaban J connectivity index is 3.23. The number of hydrogen-bond acceptors (Lipinski definition) is 1. The summed E-state index contributed by atoms with van der Waals surface area (Å²) in [6.45, 7) is 2.74. The summed E-state index contributed by atoms with van der Waals surface area (Å²) in [5.41, 5.74) is -1.77. The largest absolute Gasteiger partial charge is 0.497 e. The first-order chi connectivity index (χ1) is 7.85. The molecule has 0 amide bonds. The van der Waals surface area contributed by atoms with Crippen LogP contribution in [0, 0.1) is 0 Å². The number of alkyl halides is 3. The maximum Gasteiger partial charge on any atom is 0.401 e. The molecule has 4 heteroatoms. The molecular formula is C13H15F3O. The molecule has 1 aromatic rings. The normalized spacial score (nSPS) is 15.9. The van der Waals surface area contributed by atoms with Gasteiger partial charge in [0.15, 0.2) is 0 Å². The first kappa shape index (κ1) is 13.6. The van der Waals surface area contributed by atoms with E-state index in [9.17, 15) is 13.2 Å². The Hall–Kier alpha value is -1.45. The fourth-order valence-corrected chi connectivity index (χ4v) is 1.62. The van der Waals surface area contributed by atoms with Crippen molar-refractivity contribution in [2.45, 2.75) is 25.4 Å². The van der Waals surface area contributed by atoms with E-state index in [0.29, 0.717) is 5.75 Å². The monoisotopic (exact) mass is 244 g/mol. The van der Waals surface area contributed by atoms with E-state index >= 15 is 0 Å². The molecule has 0 fully saturated rings. The molecule has 0 aliphatic rings. The lowest BCUT2D eigenvalue weighted by Gasteiger charge is -2.29. The summed E-state index contributed by atoms with van der Waals surface area (Å²) in [7, 11) is 1.48. The van der Waals surface area contributed by atoms with E-state index in [1.807, 2.05) is 0 Å². The second kappa shape index (κ2) is 4.82. The van der Waals surface area contributed by atoms with Crippen LogP contribution >= 0.6 is 0 Å². The van der Waals surface area contributed by atoms with Crippen molar-refractivity contribution in [2.75, 3.05) is 7.11 Å². The molecule has 0 radical (unpaired) electrons. The molecule has 0 aliphatic carbocycles. The van der Waals surface area contributed by atoms with Gasteiger partial charge in [-0.05, 0) is 31.5 Å². The molecule has 1 aromatic carbocycles. The van der Waals surface area contributed by atoms with E-state index < -0.39 is 11.6 Å². The minimum absolute atomic E-state index is 0.198. The van der Waals surface area contributed by atoms with Gasteiger partial charge in [0.2, 0.25) is 0 Å². The summed E-state index contributed by atoms with van der Waals surface area (Å²) >= 11 is 0. The zero-order valence-electron chi connectivity index (χ0n) is 10.0. The van der Waals surface area contributed by atoms with Crippen LogP contribution in [0.4, 0.5) is 13.2 Å². The van der Waals surface area contributed by atoms with Crippen LogP contribution in [0.2, 0.25) is 0 Å². The molecule has 94 valence electrons. The summed E-state index contributed by atoms with van der Waals surface area (Å²) in [4.78, 5) is 0. The maximum atomic E-state index is 13.1. The average Bonchev–Trinajstić information content (AvgIpc) is 2.28. The number of ether oxygens (including phenoxy) is 1. The van der Waals surface area contributed by atoms with Crippen LogP contribution in [0.15, 0.2) is 36.4 Å². The predicted octanol–water partition coefficient (Wildman–Crippen LogP) is 4.09. The standard InChI is InChI=1S/C13H15F3O/c1-4-9-12(2,13(14,15)16)10-5-7-11(17-3)8-6-10/h4-9H,1-3H3. The lowest BCUT2D eigenvalue weighted by molar-refractivity contribution is -0.171. The van der Waals surface area contributed by atoms with Gasteiger partial charge >= 0.3 is 6.18 Å². The van der Waals surface area contributed by atoms with Gasteiger partial charge in [0, 0.05) is 0 Å². The van der Waals surface area contributed by atoms with Crippen molar-refractivity contribution in [3.8, 4) is 5.75 Å². The molecule has 1 atom stereocenters. The van der Waals surface area contributed by atoms with Gasteiger partial charge in [0.05, 0.1) is 7.11 Å². The van der Waals surface area contributed by atoms with E-state index in [1.54, 1.807) is 6.92 Å². The van der Waals surface area contributed by atoms with Crippen LogP contribution in [0.3, 0.4) is 0 Å². The highest BCUT2D eigenvalue weighted by Crippen LogP contribution is 2.42. The molecule has 0 aliphatic heterocycles. The molecule has 0 saturated heterocycles. The van der Waals surface area contributed by atoms with Crippen molar-refractivity contribution in [2.24, 2.45) is 0 Å². The highest BCUT2D eigenvalue weighted by Gasteiger charge is 2.50. The second-order valence-electron chi connectivity index (χ2n) is 3.93. The Morgan fingerprint density at radius 3 is 2.00 bits per heavy atom. The first-order valence-corrected chi connectivity index (χ1v) is 5.20. The summed E-state index contributed by atoms with van der Waals surface area (Å²) in [6, 6.07) is 5.93. The van der Waals surface area contributed by atoms with Gasteiger partial charge in [-0.2, -0.15) is 13.2 Å². The van der Waals surface area contributed by atoms with Crippen LogP contribution < -0.4 is 4.74 Å². The highest BCUT2D eigenvalue weighted by molar-refractivity contribution is 5.36. The quantitative estimate of drug-likeness (QED) is 0.727. The molecule has 0 heterocycles. The third-order valence-electron chi connectivity index (χ3n) is 2.78. The molecule has 1 unspecified atom stereocenters. The molecule has 0 saturated carbocycles. The van der Waals surface area contributed by atoms with Gasteiger partial charge in [-0.15, -0.1) is 0 Å². The van der Waals surface area contributed by atoms with Gasteiger partial charge in [-0.25, -0.2) is 0 Å². The van der Waals surface area contributed by atoms with Gasteiger partial charge in [-0.3, -0.25) is 0 Å². The van der Waals surface area contributed by atoms with Gasteiger partial charge < -0.3 is 4.74 Å². The Morgan fingerprint density at radius 1 is 1.12 bits per heavy atom. The lowest BCUT2D eigenvalue weighted by Crippen LogP contribution is -2.37. The summed E-state index contributed by atoms with van der Waals surface area (Å²) in [5, 5.41) is 0. The Morgan fingerprint density at radius 2 is 1.65 bits per heavy atom. The van der Waals surface area contributed by atoms with Crippen LogP contribution in [-0.4, -0.2) is 13.3 Å². The van der Waals surface area contributed by atoms with Crippen molar-refractivity contribution >= 4 is 0 Å². The van der Waals surface area contributed by atoms with Gasteiger partial charge in [0.1, 0.15) is 11.2 Å². The number of benzene rings is 1. The maximum absolute atomic E-state index is 13.1. The van der Waals surface area contributed by atoms with Crippen molar-refractivity contribution in [1.29, 1.82) is 0 Å². The smallest absolute Gasteiger partial charge is 0.401 e. The van der Waals surface area contributed by atoms with E-state index in [1.165, 1.54) is 37.5 Å². The summed E-state index contributed by atoms with van der Waals surface area (Å²) < 4.78 is 44.2. The van der Waals surface area contributed by atoms with Crippen molar-refractivity contribution in [1.82, 2.24) is 0 Å². The number of methoxy groups -OCH3 is 1. The lowest BCUT2D eigenvalue weighted by atomic mass is 9.81. The SMILES string of the molecule is CC=CC(C)(c1ccc(OC)cc1)C(F)(F)F. The van der Waals surface area contributed by atoms with Crippen LogP contribution in [0.1, 0.15) is 19.4 Å². The molecule has 1 rings (SSSR count). The number of allylic oxidation sites excluding steroid dienone is 2. The number of rotatable bonds is 3. The van der Waals surface area contributed by atoms with Gasteiger partial charge in [-0.1, -0.05) is 24.3 Å². The molecule has 0 bridgehead atoms. The average molecular weight is 244 g/mol. The Labute approximate surface area is 98.9 Å². The van der Waals surface area contributed by atoms with E-state index in [-0.39, 0.29) is 5.56 Å². The van der Waals surface area contributed by atoms with E-state index in [0.717, 1.165) is 13.0 Å². The number of halogens is 3. The number of hydrogen-bond donors (Lipinski definition) is 0. The van der Waals surface area contributed by atoms with Crippen molar-refractivity contribution in [3.63, 3.8) is 0 Å².